The SMILES string of the molecule is COc1cc2c(Nc3ccc(OCc4ncccc4C)cc3C)c(C#N)cnc2cc1OC(=O)N1CC2CCC(C1)N2. The number of ether oxygens (including phenoxy) is 3. The first kappa shape index (κ1) is 27.3. The Labute approximate surface area is 244 Å². The van der Waals surface area contributed by atoms with Crippen LogP contribution in [0, 0.1) is 25.2 Å². The number of nitrogens with one attached hydrogen (secondary N) is 2. The van der Waals surface area contributed by atoms with Gasteiger partial charge in [-0.15, -0.1) is 0 Å². The van der Waals surface area contributed by atoms with Crippen molar-refractivity contribution < 1.29 is 19.0 Å². The number of rotatable bonds is 7. The Morgan fingerprint density at radius 1 is 1.10 bits per heavy atom. The van der Waals surface area contributed by atoms with E-state index >= 15 is 0 Å². The van der Waals surface area contributed by atoms with Crippen LogP contribution in [-0.2, 0) is 6.61 Å². The molecular formula is C32H32N6O4. The zero-order valence-corrected chi connectivity index (χ0v) is 23.8. The second-order valence-electron chi connectivity index (χ2n) is 10.7. The smallest absolute Gasteiger partial charge is 0.415 e. The van der Waals surface area contributed by atoms with Crippen molar-refractivity contribution in [2.45, 2.75) is 45.4 Å². The van der Waals surface area contributed by atoms with Crippen molar-refractivity contribution in [1.82, 2.24) is 20.2 Å². The van der Waals surface area contributed by atoms with Crippen LogP contribution in [-0.4, -0.2) is 53.2 Å². The van der Waals surface area contributed by atoms with Gasteiger partial charge in [0.25, 0.3) is 0 Å². The average molecular weight is 565 g/mol. The van der Waals surface area contributed by atoms with Crippen molar-refractivity contribution in [2.75, 3.05) is 25.5 Å². The lowest BCUT2D eigenvalue weighted by molar-refractivity contribution is 0.132. The molecule has 2 unspecified atom stereocenters. The van der Waals surface area contributed by atoms with Crippen LogP contribution in [0.1, 0.15) is 35.2 Å². The summed E-state index contributed by atoms with van der Waals surface area (Å²) in [7, 11) is 1.52. The number of aromatic nitrogens is 2. The second-order valence-corrected chi connectivity index (χ2v) is 10.7. The number of likely N-dealkylation sites (tertiary alicyclic amines) is 1. The van der Waals surface area contributed by atoms with Crippen LogP contribution >= 0.6 is 0 Å². The fourth-order valence-corrected chi connectivity index (χ4v) is 5.59. The summed E-state index contributed by atoms with van der Waals surface area (Å²) >= 11 is 0. The summed E-state index contributed by atoms with van der Waals surface area (Å²) in [6.45, 7) is 5.59. The van der Waals surface area contributed by atoms with E-state index in [1.807, 2.05) is 44.2 Å². The molecule has 0 aliphatic carbocycles. The van der Waals surface area contributed by atoms with Crippen LogP contribution in [0.4, 0.5) is 16.2 Å². The normalized spacial score (nSPS) is 17.5. The van der Waals surface area contributed by atoms with Gasteiger partial charge in [0.15, 0.2) is 11.5 Å². The minimum absolute atomic E-state index is 0.282. The van der Waals surface area contributed by atoms with E-state index in [1.54, 1.807) is 23.2 Å². The third-order valence-corrected chi connectivity index (χ3v) is 7.90. The summed E-state index contributed by atoms with van der Waals surface area (Å²) in [6.07, 6.45) is 4.99. The summed E-state index contributed by atoms with van der Waals surface area (Å²) in [6, 6.07) is 15.9. The van der Waals surface area contributed by atoms with Crippen LogP contribution in [0.25, 0.3) is 10.9 Å². The highest BCUT2D eigenvalue weighted by Gasteiger charge is 2.35. The number of carbonyl (C=O) groups is 1. The van der Waals surface area contributed by atoms with Crippen molar-refractivity contribution in [1.29, 1.82) is 5.26 Å². The van der Waals surface area contributed by atoms with Gasteiger partial charge < -0.3 is 29.7 Å². The van der Waals surface area contributed by atoms with Crippen LogP contribution < -0.4 is 24.8 Å². The molecule has 2 atom stereocenters. The number of anilines is 2. The molecule has 10 heteroatoms. The number of nitrogens with zero attached hydrogens (tertiary/aromatic N) is 4. The third kappa shape index (κ3) is 5.51. The Morgan fingerprint density at radius 2 is 1.90 bits per heavy atom. The first-order chi connectivity index (χ1) is 20.4. The minimum Gasteiger partial charge on any atom is -0.493 e. The largest absolute Gasteiger partial charge is 0.493 e. The van der Waals surface area contributed by atoms with Gasteiger partial charge >= 0.3 is 6.09 Å². The van der Waals surface area contributed by atoms with Gasteiger partial charge in [0.05, 0.1) is 29.6 Å². The third-order valence-electron chi connectivity index (χ3n) is 7.90. The number of piperazine rings is 1. The van der Waals surface area contributed by atoms with Crippen LogP contribution in [0.15, 0.2) is 54.9 Å². The van der Waals surface area contributed by atoms with Crippen LogP contribution in [0.2, 0.25) is 0 Å². The van der Waals surface area contributed by atoms with E-state index in [1.165, 1.54) is 13.3 Å². The van der Waals surface area contributed by atoms with Gasteiger partial charge in [-0.2, -0.15) is 5.26 Å². The van der Waals surface area contributed by atoms with Gasteiger partial charge in [0.2, 0.25) is 0 Å². The predicted octanol–water partition coefficient (Wildman–Crippen LogP) is 5.38. The van der Waals surface area contributed by atoms with Gasteiger partial charge in [-0.25, -0.2) is 4.79 Å². The van der Waals surface area contributed by atoms with E-state index in [0.717, 1.165) is 35.3 Å². The molecule has 10 nitrogen and oxygen atoms in total. The zero-order valence-electron chi connectivity index (χ0n) is 23.8. The summed E-state index contributed by atoms with van der Waals surface area (Å²) in [4.78, 5) is 23.7. The highest BCUT2D eigenvalue weighted by molar-refractivity contribution is 5.98. The summed E-state index contributed by atoms with van der Waals surface area (Å²) in [5, 5.41) is 17.5. The van der Waals surface area contributed by atoms with E-state index < -0.39 is 6.09 Å². The molecule has 2 saturated heterocycles. The minimum atomic E-state index is -0.408. The summed E-state index contributed by atoms with van der Waals surface area (Å²) in [5.74, 6) is 1.37. The van der Waals surface area contributed by atoms with Gasteiger partial charge in [-0.3, -0.25) is 9.97 Å². The maximum atomic E-state index is 13.0. The lowest BCUT2D eigenvalue weighted by Crippen LogP contribution is -2.53. The molecule has 214 valence electrons. The molecule has 2 N–H and O–H groups in total. The lowest BCUT2D eigenvalue weighted by Gasteiger charge is -2.32. The van der Waals surface area contributed by atoms with E-state index in [0.29, 0.717) is 65.4 Å². The molecule has 2 aromatic carbocycles. The van der Waals surface area contributed by atoms with Crippen LogP contribution in [0.3, 0.4) is 0 Å². The Balaban J connectivity index is 1.25. The van der Waals surface area contributed by atoms with Crippen molar-refractivity contribution >= 4 is 28.4 Å². The van der Waals surface area contributed by atoms with Crippen molar-refractivity contribution in [2.24, 2.45) is 0 Å². The molecule has 4 heterocycles. The zero-order chi connectivity index (χ0) is 29.2. The number of aryl methyl sites for hydroxylation is 2. The summed E-state index contributed by atoms with van der Waals surface area (Å²) in [5.41, 5.74) is 5.21. The molecule has 2 fully saturated rings. The molecule has 0 radical (unpaired) electrons. The molecule has 1 amide bonds. The molecule has 2 aromatic heterocycles. The quantitative estimate of drug-likeness (QED) is 0.304. The van der Waals surface area contributed by atoms with Crippen molar-refractivity contribution in [3.63, 3.8) is 0 Å². The fraction of sp³-hybridized carbons (Fsp3) is 0.312. The summed E-state index contributed by atoms with van der Waals surface area (Å²) < 4.78 is 17.4. The number of methoxy groups -OCH3 is 1. The Hall–Kier alpha value is -4.88. The number of nitriles is 1. The highest BCUT2D eigenvalue weighted by Crippen LogP contribution is 2.38. The highest BCUT2D eigenvalue weighted by atomic mass is 16.6. The van der Waals surface area contributed by atoms with E-state index in [-0.39, 0.29) is 5.75 Å². The van der Waals surface area contributed by atoms with Gasteiger partial charge in [-0.05, 0) is 68.1 Å². The number of hydrogen-bond acceptors (Lipinski definition) is 9. The van der Waals surface area contributed by atoms with E-state index in [9.17, 15) is 10.1 Å². The first-order valence-corrected chi connectivity index (χ1v) is 14.0. The average Bonchev–Trinajstić information content (AvgIpc) is 3.34. The molecule has 2 bridgehead atoms. The maximum Gasteiger partial charge on any atom is 0.415 e. The maximum absolute atomic E-state index is 13.0. The molecule has 0 spiro atoms. The molecule has 42 heavy (non-hydrogen) atoms. The monoisotopic (exact) mass is 564 g/mol. The number of carbonyl (C=O) groups excluding carboxylic acids is 1. The lowest BCUT2D eigenvalue weighted by atomic mass is 10.1. The van der Waals surface area contributed by atoms with Crippen molar-refractivity contribution in [3.05, 3.63) is 77.2 Å². The Morgan fingerprint density at radius 3 is 2.62 bits per heavy atom. The molecule has 2 aliphatic heterocycles. The molecular weight excluding hydrogens is 532 g/mol. The standard InChI is InChI=1S/C32H32N6O4/c1-19-5-4-10-34-28(19)18-41-24-8-9-26(20(2)11-24)37-31-21(14-33)15-35-27-13-30(29(40-3)12-25(27)31)42-32(39)38-16-22-6-7-23(17-38)36-22/h4-5,8-13,15,22-23,36H,6-7,16-18H2,1-3H3,(H,35,37). The molecule has 0 saturated carbocycles. The number of amides is 1. The number of hydrogen-bond donors (Lipinski definition) is 2. The number of fused-ring (bicyclic) bond motifs is 3. The van der Waals surface area contributed by atoms with Crippen molar-refractivity contribution in [3.8, 4) is 23.3 Å². The number of pyridine rings is 2. The molecule has 2 aliphatic rings. The van der Waals surface area contributed by atoms with Gasteiger partial charge in [-0.1, -0.05) is 6.07 Å². The van der Waals surface area contributed by atoms with E-state index in [4.69, 9.17) is 14.2 Å². The second kappa shape index (κ2) is 11.5. The predicted molar refractivity (Wildman–Crippen MR) is 158 cm³/mol. The molecule has 4 aromatic rings. The first-order valence-electron chi connectivity index (χ1n) is 14.0. The number of benzene rings is 2. The fourth-order valence-electron chi connectivity index (χ4n) is 5.59. The van der Waals surface area contributed by atoms with Crippen LogP contribution in [0.5, 0.6) is 17.2 Å². The van der Waals surface area contributed by atoms with Gasteiger partial charge in [0.1, 0.15) is 18.4 Å². The van der Waals surface area contributed by atoms with E-state index in [2.05, 4.69) is 26.7 Å². The Bertz CT molecular complexity index is 1690. The Kier molecular flexibility index (Phi) is 7.50. The molecule has 6 rings (SSSR count). The van der Waals surface area contributed by atoms with Gasteiger partial charge in [0, 0.05) is 54.7 Å². The topological polar surface area (TPSA) is 122 Å².